The smallest absolute Gasteiger partial charge is 0.330 e. The fourth-order valence-corrected chi connectivity index (χ4v) is 4.14. The van der Waals surface area contributed by atoms with Gasteiger partial charge >= 0.3 is 17.9 Å². The Morgan fingerprint density at radius 1 is 1.33 bits per heavy atom. The molecule has 0 amide bonds. The molecular formula is C15H18O6. The maximum atomic E-state index is 12.2. The van der Waals surface area contributed by atoms with Crippen molar-refractivity contribution in [2.24, 2.45) is 29.6 Å². The Bertz CT molecular complexity index is 498. The zero-order chi connectivity index (χ0) is 15.1. The molecule has 2 saturated carbocycles. The molecule has 6 heteroatoms. The fraction of sp³-hybridized carbons (Fsp3) is 0.667. The van der Waals surface area contributed by atoms with E-state index in [4.69, 9.17) is 14.2 Å². The summed E-state index contributed by atoms with van der Waals surface area (Å²) >= 11 is 0. The summed E-state index contributed by atoms with van der Waals surface area (Å²) in [6.07, 6.45) is 1.88. The van der Waals surface area contributed by atoms with Gasteiger partial charge in [0.1, 0.15) is 19.3 Å². The van der Waals surface area contributed by atoms with Crippen molar-refractivity contribution >= 4 is 17.9 Å². The van der Waals surface area contributed by atoms with Gasteiger partial charge in [0.25, 0.3) is 0 Å². The second kappa shape index (κ2) is 5.16. The van der Waals surface area contributed by atoms with E-state index in [9.17, 15) is 14.4 Å². The van der Waals surface area contributed by atoms with E-state index in [0.717, 1.165) is 12.5 Å². The number of hydrogen-bond donors (Lipinski definition) is 0. The van der Waals surface area contributed by atoms with Crippen molar-refractivity contribution in [2.75, 3.05) is 13.2 Å². The molecule has 1 saturated heterocycles. The first-order valence-corrected chi connectivity index (χ1v) is 7.21. The van der Waals surface area contributed by atoms with Crippen molar-refractivity contribution in [3.63, 3.8) is 0 Å². The molecule has 3 fully saturated rings. The van der Waals surface area contributed by atoms with Crippen LogP contribution in [-0.2, 0) is 28.6 Å². The third-order valence-electron chi connectivity index (χ3n) is 5.00. The van der Waals surface area contributed by atoms with E-state index in [2.05, 4.69) is 6.58 Å². The molecule has 1 aliphatic heterocycles. The molecule has 0 N–H and O–H groups in total. The highest BCUT2D eigenvalue weighted by Crippen LogP contribution is 2.60. The van der Waals surface area contributed by atoms with Crippen molar-refractivity contribution in [3.8, 4) is 0 Å². The van der Waals surface area contributed by atoms with Gasteiger partial charge in [-0.05, 0) is 18.3 Å². The van der Waals surface area contributed by atoms with Gasteiger partial charge in [0.05, 0.1) is 11.8 Å². The topological polar surface area (TPSA) is 78.9 Å². The Morgan fingerprint density at radius 3 is 2.76 bits per heavy atom. The highest BCUT2D eigenvalue weighted by Gasteiger charge is 2.67. The average molecular weight is 294 g/mol. The van der Waals surface area contributed by atoms with E-state index < -0.39 is 11.9 Å². The fourth-order valence-electron chi connectivity index (χ4n) is 4.14. The van der Waals surface area contributed by atoms with Crippen molar-refractivity contribution in [3.05, 3.63) is 12.7 Å². The van der Waals surface area contributed by atoms with E-state index in [1.807, 2.05) is 6.92 Å². The highest BCUT2D eigenvalue weighted by molar-refractivity contribution is 5.86. The van der Waals surface area contributed by atoms with Gasteiger partial charge < -0.3 is 14.2 Å². The summed E-state index contributed by atoms with van der Waals surface area (Å²) < 4.78 is 15.3. The van der Waals surface area contributed by atoms with Crippen LogP contribution in [-0.4, -0.2) is 37.2 Å². The van der Waals surface area contributed by atoms with Crippen LogP contribution in [0.5, 0.6) is 0 Å². The van der Waals surface area contributed by atoms with Crippen LogP contribution in [0.25, 0.3) is 0 Å². The number of rotatable bonds is 5. The van der Waals surface area contributed by atoms with E-state index in [1.54, 1.807) is 0 Å². The number of hydrogen-bond acceptors (Lipinski definition) is 6. The van der Waals surface area contributed by atoms with Gasteiger partial charge in [-0.25, -0.2) is 4.79 Å². The number of carbonyl (C=O) groups is 3. The molecule has 114 valence electrons. The third-order valence-corrected chi connectivity index (χ3v) is 5.00. The lowest BCUT2D eigenvalue weighted by Crippen LogP contribution is -2.37. The molecule has 6 atom stereocenters. The summed E-state index contributed by atoms with van der Waals surface area (Å²) in [6.45, 7) is 5.28. The molecule has 3 rings (SSSR count). The van der Waals surface area contributed by atoms with E-state index in [-0.39, 0.29) is 54.9 Å². The van der Waals surface area contributed by atoms with Crippen LogP contribution in [0.4, 0.5) is 0 Å². The predicted octanol–water partition coefficient (Wildman–Crippen LogP) is 0.702. The molecule has 21 heavy (non-hydrogen) atoms. The zero-order valence-electron chi connectivity index (χ0n) is 11.8. The number of esters is 3. The van der Waals surface area contributed by atoms with Crippen LogP contribution in [0.1, 0.15) is 13.3 Å². The van der Waals surface area contributed by atoms with Crippen molar-refractivity contribution in [1.29, 1.82) is 0 Å². The quantitative estimate of drug-likeness (QED) is 0.321. The van der Waals surface area contributed by atoms with Crippen LogP contribution in [0, 0.1) is 29.6 Å². The third kappa shape index (κ3) is 2.13. The lowest BCUT2D eigenvalue weighted by Gasteiger charge is -2.27. The van der Waals surface area contributed by atoms with Gasteiger partial charge in [-0.2, -0.15) is 0 Å². The van der Waals surface area contributed by atoms with Gasteiger partial charge in [-0.1, -0.05) is 13.5 Å². The monoisotopic (exact) mass is 294 g/mol. The molecule has 6 unspecified atom stereocenters. The van der Waals surface area contributed by atoms with Gasteiger partial charge in [0.15, 0.2) is 0 Å². The average Bonchev–Trinajstić information content (AvgIpc) is 3.07. The Labute approximate surface area is 122 Å². The normalized spacial score (nSPS) is 39.0. The van der Waals surface area contributed by atoms with Crippen molar-refractivity contribution < 1.29 is 28.6 Å². The summed E-state index contributed by atoms with van der Waals surface area (Å²) in [6, 6.07) is 0. The summed E-state index contributed by atoms with van der Waals surface area (Å²) in [4.78, 5) is 35.0. The van der Waals surface area contributed by atoms with Gasteiger partial charge in [0.2, 0.25) is 0 Å². The summed E-state index contributed by atoms with van der Waals surface area (Å²) in [7, 11) is 0. The Hall–Kier alpha value is -1.85. The van der Waals surface area contributed by atoms with Gasteiger partial charge in [-0.3, -0.25) is 9.59 Å². The summed E-state index contributed by atoms with van der Waals surface area (Å²) in [5, 5.41) is 0. The van der Waals surface area contributed by atoms with Crippen LogP contribution in [0.3, 0.4) is 0 Å². The number of ether oxygens (including phenoxy) is 3. The molecular weight excluding hydrogens is 276 g/mol. The number of carbonyl (C=O) groups excluding carboxylic acids is 3. The van der Waals surface area contributed by atoms with Gasteiger partial charge in [-0.15, -0.1) is 0 Å². The molecule has 0 aromatic heterocycles. The lowest BCUT2D eigenvalue weighted by atomic mass is 9.75. The predicted molar refractivity (Wildman–Crippen MR) is 69.7 cm³/mol. The first-order chi connectivity index (χ1) is 10.0. The minimum absolute atomic E-state index is 0.00806. The minimum Gasteiger partial charge on any atom is -0.462 e. The van der Waals surface area contributed by atoms with Crippen LogP contribution >= 0.6 is 0 Å². The lowest BCUT2D eigenvalue weighted by molar-refractivity contribution is -0.158. The highest BCUT2D eigenvalue weighted by atomic mass is 16.6. The SMILES string of the molecule is C=CC(=O)OCCOC(=O)C1C2CC3C(OC(=O)C31)C2C. The van der Waals surface area contributed by atoms with Crippen LogP contribution in [0.15, 0.2) is 12.7 Å². The molecule has 2 bridgehead atoms. The van der Waals surface area contributed by atoms with Crippen molar-refractivity contribution in [2.45, 2.75) is 19.4 Å². The standard InChI is InChI=1S/C15H18O6/c1-3-10(16)19-4-5-20-14(17)11-8-6-9-12(11)15(18)21-13(9)7(8)2/h3,7-9,11-13H,1,4-6H2,2H3. The van der Waals surface area contributed by atoms with Crippen LogP contribution < -0.4 is 0 Å². The zero-order valence-corrected chi connectivity index (χ0v) is 11.8. The minimum atomic E-state index is -0.554. The Balaban J connectivity index is 1.57. The Morgan fingerprint density at radius 2 is 2.05 bits per heavy atom. The molecule has 0 spiro atoms. The first-order valence-electron chi connectivity index (χ1n) is 7.21. The summed E-state index contributed by atoms with van der Waals surface area (Å²) in [5.74, 6) is -1.45. The van der Waals surface area contributed by atoms with Gasteiger partial charge in [0, 0.05) is 12.0 Å². The van der Waals surface area contributed by atoms with Crippen molar-refractivity contribution in [1.82, 2.24) is 0 Å². The molecule has 6 nitrogen and oxygen atoms in total. The van der Waals surface area contributed by atoms with E-state index >= 15 is 0 Å². The van der Waals surface area contributed by atoms with E-state index in [1.165, 1.54) is 0 Å². The van der Waals surface area contributed by atoms with E-state index in [0.29, 0.717) is 0 Å². The molecule has 0 aromatic rings. The summed E-state index contributed by atoms with van der Waals surface area (Å²) in [5.41, 5.74) is 0. The number of fused-ring (bicyclic) bond motifs is 1. The molecule has 0 aromatic carbocycles. The second-order valence-electron chi connectivity index (χ2n) is 5.91. The molecule has 2 aliphatic carbocycles. The maximum Gasteiger partial charge on any atom is 0.330 e. The maximum absolute atomic E-state index is 12.2. The molecule has 1 heterocycles. The second-order valence-corrected chi connectivity index (χ2v) is 5.91. The Kier molecular flexibility index (Phi) is 3.47. The largest absolute Gasteiger partial charge is 0.462 e. The first kappa shape index (κ1) is 14.1. The van der Waals surface area contributed by atoms with Crippen LogP contribution in [0.2, 0.25) is 0 Å². The molecule has 3 aliphatic rings. The molecule has 0 radical (unpaired) electrons.